The number of hydrogen-bond donors (Lipinski definition) is 0. The molecule has 0 aromatic carbocycles. The lowest BCUT2D eigenvalue weighted by Crippen LogP contribution is -2.38. The van der Waals surface area contributed by atoms with Crippen molar-refractivity contribution in [2.24, 2.45) is 0 Å². The quantitative estimate of drug-likeness (QED) is 0.833. The van der Waals surface area contributed by atoms with Gasteiger partial charge >= 0.3 is 0 Å². The predicted octanol–water partition coefficient (Wildman–Crippen LogP) is 1.07. The van der Waals surface area contributed by atoms with Gasteiger partial charge in [-0.25, -0.2) is 0 Å². The van der Waals surface area contributed by atoms with E-state index in [4.69, 9.17) is 4.74 Å². The summed E-state index contributed by atoms with van der Waals surface area (Å²) in [5, 5.41) is 1.90. The number of thiophene rings is 1. The molecule has 6 heteroatoms. The molecule has 104 valence electrons. The Bertz CT molecular complexity index is 433. The number of amides is 2. The van der Waals surface area contributed by atoms with Gasteiger partial charge in [0.15, 0.2) is 0 Å². The van der Waals surface area contributed by atoms with Gasteiger partial charge in [0.25, 0.3) is 5.91 Å². The van der Waals surface area contributed by atoms with Gasteiger partial charge < -0.3 is 14.5 Å². The van der Waals surface area contributed by atoms with Gasteiger partial charge in [0.2, 0.25) is 5.91 Å². The average molecular weight is 282 g/mol. The molecule has 1 fully saturated rings. The number of ether oxygens (including phenoxy) is 1. The van der Waals surface area contributed by atoms with Crippen molar-refractivity contribution in [3.05, 3.63) is 22.4 Å². The van der Waals surface area contributed by atoms with Crippen LogP contribution in [0.15, 0.2) is 17.5 Å². The van der Waals surface area contributed by atoms with E-state index in [0.29, 0.717) is 26.2 Å². The van der Waals surface area contributed by atoms with Crippen molar-refractivity contribution in [1.29, 1.82) is 0 Å². The first-order chi connectivity index (χ1) is 9.22. The zero-order valence-corrected chi connectivity index (χ0v) is 11.8. The molecule has 2 amide bonds. The number of carbonyl (C=O) groups is 2. The second-order valence-electron chi connectivity index (χ2n) is 4.44. The number of carbonyl (C=O) groups excluding carboxylic acids is 2. The van der Waals surface area contributed by atoms with Crippen molar-refractivity contribution < 1.29 is 14.3 Å². The summed E-state index contributed by atoms with van der Waals surface area (Å²) in [5.74, 6) is 0.0592. The molecule has 0 N–H and O–H groups in total. The standard InChI is InChI=1S/C13H18N2O3S/c1-18-10-12(16)14-5-3-6-15(8-7-14)13(17)11-4-2-9-19-11/h2,4,9H,3,5-8,10H2,1H3. The van der Waals surface area contributed by atoms with Crippen LogP contribution in [0.1, 0.15) is 16.1 Å². The van der Waals surface area contributed by atoms with Crippen molar-refractivity contribution in [3.8, 4) is 0 Å². The molecule has 0 radical (unpaired) electrons. The number of hydrogen-bond acceptors (Lipinski definition) is 4. The highest BCUT2D eigenvalue weighted by Gasteiger charge is 2.22. The molecule has 2 heterocycles. The van der Waals surface area contributed by atoms with Crippen molar-refractivity contribution >= 4 is 23.2 Å². The fourth-order valence-electron chi connectivity index (χ4n) is 2.14. The third-order valence-electron chi connectivity index (χ3n) is 3.14. The van der Waals surface area contributed by atoms with Gasteiger partial charge in [0, 0.05) is 33.3 Å². The molecule has 0 spiro atoms. The Morgan fingerprint density at radius 2 is 2.00 bits per heavy atom. The van der Waals surface area contributed by atoms with Gasteiger partial charge in [-0.15, -0.1) is 11.3 Å². The Hall–Kier alpha value is -1.40. The SMILES string of the molecule is COCC(=O)N1CCCN(C(=O)c2cccs2)CC1. The van der Waals surface area contributed by atoms with Crippen molar-refractivity contribution in [1.82, 2.24) is 9.80 Å². The van der Waals surface area contributed by atoms with E-state index in [1.807, 2.05) is 22.4 Å². The maximum Gasteiger partial charge on any atom is 0.263 e. The van der Waals surface area contributed by atoms with Gasteiger partial charge in [-0.1, -0.05) is 6.07 Å². The first-order valence-electron chi connectivity index (χ1n) is 6.32. The van der Waals surface area contributed by atoms with Crippen LogP contribution in [0.3, 0.4) is 0 Å². The van der Waals surface area contributed by atoms with Crippen LogP contribution in [0.2, 0.25) is 0 Å². The zero-order chi connectivity index (χ0) is 13.7. The summed E-state index contributed by atoms with van der Waals surface area (Å²) in [6.07, 6.45) is 0.812. The molecular weight excluding hydrogens is 264 g/mol. The topological polar surface area (TPSA) is 49.9 Å². The summed E-state index contributed by atoms with van der Waals surface area (Å²) in [6.45, 7) is 2.67. The molecule has 0 bridgehead atoms. The largest absolute Gasteiger partial charge is 0.375 e. The van der Waals surface area contributed by atoms with Gasteiger partial charge in [-0.2, -0.15) is 0 Å². The smallest absolute Gasteiger partial charge is 0.263 e. The monoisotopic (exact) mass is 282 g/mol. The molecular formula is C13H18N2O3S. The van der Waals surface area contributed by atoms with Gasteiger partial charge in [-0.3, -0.25) is 9.59 Å². The summed E-state index contributed by atoms with van der Waals surface area (Å²) in [7, 11) is 1.52. The van der Waals surface area contributed by atoms with Crippen LogP contribution in [-0.4, -0.2) is 61.5 Å². The van der Waals surface area contributed by atoms with E-state index >= 15 is 0 Å². The molecule has 0 saturated carbocycles. The van der Waals surface area contributed by atoms with Crippen LogP contribution in [-0.2, 0) is 9.53 Å². The fourth-order valence-corrected chi connectivity index (χ4v) is 2.83. The molecule has 1 aliphatic heterocycles. The van der Waals surface area contributed by atoms with Crippen molar-refractivity contribution in [3.63, 3.8) is 0 Å². The second-order valence-corrected chi connectivity index (χ2v) is 5.38. The maximum absolute atomic E-state index is 12.2. The summed E-state index contributed by atoms with van der Waals surface area (Å²) < 4.78 is 4.86. The van der Waals surface area contributed by atoms with E-state index in [2.05, 4.69) is 0 Å². The normalized spacial score (nSPS) is 16.3. The Morgan fingerprint density at radius 3 is 2.68 bits per heavy atom. The van der Waals surface area contributed by atoms with E-state index < -0.39 is 0 Å². The molecule has 0 aliphatic carbocycles. The second kappa shape index (κ2) is 6.68. The third kappa shape index (κ3) is 3.54. The molecule has 0 atom stereocenters. The van der Waals surface area contributed by atoms with Crippen LogP contribution < -0.4 is 0 Å². The number of rotatable bonds is 3. The van der Waals surface area contributed by atoms with E-state index in [9.17, 15) is 9.59 Å². The molecule has 1 aromatic rings. The highest BCUT2D eigenvalue weighted by atomic mass is 32.1. The Balaban J connectivity index is 1.93. The molecule has 5 nitrogen and oxygen atoms in total. The summed E-state index contributed by atoms with van der Waals surface area (Å²) in [4.78, 5) is 28.3. The first-order valence-corrected chi connectivity index (χ1v) is 7.20. The first kappa shape index (κ1) is 14.0. The lowest BCUT2D eigenvalue weighted by Gasteiger charge is -2.21. The van der Waals surface area contributed by atoms with E-state index in [1.165, 1.54) is 18.4 Å². The molecule has 1 aliphatic rings. The summed E-state index contributed by atoms with van der Waals surface area (Å²) in [5.41, 5.74) is 0. The molecule has 2 rings (SSSR count). The minimum absolute atomic E-state index is 0.00655. The summed E-state index contributed by atoms with van der Waals surface area (Å²) in [6, 6.07) is 3.72. The van der Waals surface area contributed by atoms with Crippen LogP contribution >= 0.6 is 11.3 Å². The predicted molar refractivity (Wildman–Crippen MR) is 73.3 cm³/mol. The van der Waals surface area contributed by atoms with Gasteiger partial charge in [0.1, 0.15) is 6.61 Å². The third-order valence-corrected chi connectivity index (χ3v) is 3.99. The number of nitrogens with zero attached hydrogens (tertiary/aromatic N) is 2. The van der Waals surface area contributed by atoms with Crippen molar-refractivity contribution in [2.45, 2.75) is 6.42 Å². The van der Waals surface area contributed by atoms with E-state index in [1.54, 1.807) is 4.90 Å². The zero-order valence-electron chi connectivity index (χ0n) is 11.0. The maximum atomic E-state index is 12.2. The van der Waals surface area contributed by atoms with E-state index in [0.717, 1.165) is 11.3 Å². The van der Waals surface area contributed by atoms with Crippen LogP contribution in [0.5, 0.6) is 0 Å². The van der Waals surface area contributed by atoms with Gasteiger partial charge in [0.05, 0.1) is 4.88 Å². The van der Waals surface area contributed by atoms with Crippen LogP contribution in [0, 0.1) is 0 Å². The molecule has 19 heavy (non-hydrogen) atoms. The lowest BCUT2D eigenvalue weighted by molar-refractivity contribution is -0.135. The number of methoxy groups -OCH3 is 1. The van der Waals surface area contributed by atoms with Gasteiger partial charge in [-0.05, 0) is 17.9 Å². The van der Waals surface area contributed by atoms with E-state index in [-0.39, 0.29) is 18.4 Å². The van der Waals surface area contributed by atoms with Crippen molar-refractivity contribution in [2.75, 3.05) is 39.9 Å². The minimum atomic E-state index is -0.00655. The molecule has 1 aromatic heterocycles. The Kier molecular flexibility index (Phi) is 4.93. The molecule has 1 saturated heterocycles. The fraction of sp³-hybridized carbons (Fsp3) is 0.538. The van der Waals surface area contributed by atoms with Crippen LogP contribution in [0.25, 0.3) is 0 Å². The average Bonchev–Trinajstić information content (AvgIpc) is 2.82. The lowest BCUT2D eigenvalue weighted by atomic mass is 10.3. The highest BCUT2D eigenvalue weighted by molar-refractivity contribution is 7.12. The molecule has 0 unspecified atom stereocenters. The Morgan fingerprint density at radius 1 is 1.26 bits per heavy atom. The van der Waals surface area contributed by atoms with Crippen LogP contribution in [0.4, 0.5) is 0 Å². The summed E-state index contributed by atoms with van der Waals surface area (Å²) >= 11 is 1.45. The Labute approximate surface area is 116 Å². The minimum Gasteiger partial charge on any atom is -0.375 e. The highest BCUT2D eigenvalue weighted by Crippen LogP contribution is 2.14.